The summed E-state index contributed by atoms with van der Waals surface area (Å²) in [5.41, 5.74) is 1.16. The summed E-state index contributed by atoms with van der Waals surface area (Å²) in [5, 5.41) is 6.83. The first-order chi connectivity index (χ1) is 9.16. The predicted octanol–water partition coefficient (Wildman–Crippen LogP) is 1.80. The lowest BCUT2D eigenvalue weighted by molar-refractivity contribution is -0.128. The monoisotopic (exact) mass is 318 g/mol. The van der Waals surface area contributed by atoms with Crippen molar-refractivity contribution in [3.05, 3.63) is 34.9 Å². The standard InChI is InChI=1S/C14H19ClN2O2.ClH/c1-10-13(16-8-9-19-10)14(18)17-7-6-11-2-4-12(15)5-3-11;/h2-5,10,13,16H,6-9H2,1H3,(H,17,18);1H/t10-,13+;/m1./s1. The van der Waals surface area contributed by atoms with Gasteiger partial charge in [0.25, 0.3) is 0 Å². The lowest BCUT2D eigenvalue weighted by Crippen LogP contribution is -2.55. The lowest BCUT2D eigenvalue weighted by atomic mass is 10.1. The van der Waals surface area contributed by atoms with Crippen LogP contribution in [-0.4, -0.2) is 37.7 Å². The molecule has 0 saturated carbocycles. The Balaban J connectivity index is 0.00000200. The van der Waals surface area contributed by atoms with Gasteiger partial charge in [0.05, 0.1) is 12.7 Å². The molecule has 1 aliphatic heterocycles. The molecule has 0 aromatic heterocycles. The number of nitrogens with one attached hydrogen (secondary N) is 2. The Labute approximate surface area is 130 Å². The van der Waals surface area contributed by atoms with Crippen LogP contribution >= 0.6 is 24.0 Å². The molecule has 1 aromatic rings. The normalized spacial score (nSPS) is 21.9. The number of benzene rings is 1. The first-order valence-corrected chi connectivity index (χ1v) is 6.92. The van der Waals surface area contributed by atoms with Crippen LogP contribution in [0.2, 0.25) is 5.02 Å². The van der Waals surface area contributed by atoms with E-state index < -0.39 is 0 Å². The highest BCUT2D eigenvalue weighted by Gasteiger charge is 2.27. The fourth-order valence-corrected chi connectivity index (χ4v) is 2.24. The molecule has 0 unspecified atom stereocenters. The maximum Gasteiger partial charge on any atom is 0.239 e. The minimum atomic E-state index is -0.251. The van der Waals surface area contributed by atoms with Crippen molar-refractivity contribution < 1.29 is 9.53 Å². The summed E-state index contributed by atoms with van der Waals surface area (Å²) < 4.78 is 5.45. The largest absolute Gasteiger partial charge is 0.375 e. The van der Waals surface area contributed by atoms with Crippen molar-refractivity contribution in [3.63, 3.8) is 0 Å². The number of morpholine rings is 1. The minimum absolute atomic E-state index is 0. The topological polar surface area (TPSA) is 50.4 Å². The third-order valence-corrected chi connectivity index (χ3v) is 3.48. The van der Waals surface area contributed by atoms with Crippen LogP contribution in [-0.2, 0) is 16.0 Å². The Morgan fingerprint density at radius 1 is 1.45 bits per heavy atom. The minimum Gasteiger partial charge on any atom is -0.375 e. The van der Waals surface area contributed by atoms with Crippen molar-refractivity contribution in [2.45, 2.75) is 25.5 Å². The summed E-state index contributed by atoms with van der Waals surface area (Å²) in [5.74, 6) is 0.00108. The van der Waals surface area contributed by atoms with E-state index in [1.807, 2.05) is 31.2 Å². The van der Waals surface area contributed by atoms with Crippen LogP contribution < -0.4 is 10.6 Å². The van der Waals surface area contributed by atoms with Gasteiger partial charge < -0.3 is 15.4 Å². The van der Waals surface area contributed by atoms with Gasteiger partial charge in [0.15, 0.2) is 0 Å². The van der Waals surface area contributed by atoms with Gasteiger partial charge in [0, 0.05) is 18.1 Å². The molecule has 1 aliphatic rings. The van der Waals surface area contributed by atoms with Gasteiger partial charge in [-0.2, -0.15) is 0 Å². The van der Waals surface area contributed by atoms with E-state index in [9.17, 15) is 4.79 Å². The summed E-state index contributed by atoms with van der Waals surface area (Å²) in [6.45, 7) is 3.91. The molecule has 0 radical (unpaired) electrons. The van der Waals surface area contributed by atoms with E-state index in [2.05, 4.69) is 10.6 Å². The Hall–Kier alpha value is -0.810. The van der Waals surface area contributed by atoms with E-state index in [4.69, 9.17) is 16.3 Å². The molecule has 0 spiro atoms. The first-order valence-electron chi connectivity index (χ1n) is 6.54. The van der Waals surface area contributed by atoms with Crippen molar-refractivity contribution in [2.24, 2.45) is 0 Å². The number of amides is 1. The van der Waals surface area contributed by atoms with Crippen LogP contribution in [0.25, 0.3) is 0 Å². The van der Waals surface area contributed by atoms with Crippen LogP contribution in [0.5, 0.6) is 0 Å². The van der Waals surface area contributed by atoms with Gasteiger partial charge in [0.2, 0.25) is 5.91 Å². The van der Waals surface area contributed by atoms with Crippen LogP contribution in [0.15, 0.2) is 24.3 Å². The molecule has 1 heterocycles. The van der Waals surface area contributed by atoms with Crippen molar-refractivity contribution >= 4 is 29.9 Å². The quantitative estimate of drug-likeness (QED) is 0.890. The van der Waals surface area contributed by atoms with E-state index >= 15 is 0 Å². The molecule has 112 valence electrons. The predicted molar refractivity (Wildman–Crippen MR) is 82.6 cm³/mol. The lowest BCUT2D eigenvalue weighted by Gasteiger charge is -2.29. The summed E-state index contributed by atoms with van der Waals surface area (Å²) in [4.78, 5) is 12.0. The molecule has 1 amide bonds. The van der Waals surface area contributed by atoms with Crippen LogP contribution in [0.4, 0.5) is 0 Å². The van der Waals surface area contributed by atoms with E-state index in [0.29, 0.717) is 13.2 Å². The second-order valence-corrected chi connectivity index (χ2v) is 5.11. The van der Waals surface area contributed by atoms with Crippen molar-refractivity contribution in [1.29, 1.82) is 0 Å². The summed E-state index contributed by atoms with van der Waals surface area (Å²) in [6, 6.07) is 7.41. The zero-order valence-electron chi connectivity index (χ0n) is 11.4. The number of hydrogen-bond donors (Lipinski definition) is 2. The molecule has 1 aromatic carbocycles. The smallest absolute Gasteiger partial charge is 0.239 e. The van der Waals surface area contributed by atoms with Crippen molar-refractivity contribution in [3.8, 4) is 0 Å². The Kier molecular flexibility index (Phi) is 7.30. The number of carbonyl (C=O) groups excluding carboxylic acids is 1. The molecule has 2 N–H and O–H groups in total. The Bertz CT molecular complexity index is 426. The maximum atomic E-state index is 12.0. The molecule has 20 heavy (non-hydrogen) atoms. The second kappa shape index (κ2) is 8.47. The van der Waals surface area contributed by atoms with E-state index in [0.717, 1.165) is 23.6 Å². The van der Waals surface area contributed by atoms with Crippen LogP contribution in [0, 0.1) is 0 Å². The van der Waals surface area contributed by atoms with Crippen molar-refractivity contribution in [1.82, 2.24) is 10.6 Å². The zero-order chi connectivity index (χ0) is 13.7. The fraction of sp³-hybridized carbons (Fsp3) is 0.500. The van der Waals surface area contributed by atoms with Gasteiger partial charge in [-0.15, -0.1) is 12.4 Å². The van der Waals surface area contributed by atoms with Gasteiger partial charge in [-0.1, -0.05) is 23.7 Å². The maximum absolute atomic E-state index is 12.0. The molecule has 1 fully saturated rings. The van der Waals surface area contributed by atoms with E-state index in [1.165, 1.54) is 0 Å². The number of hydrogen-bond acceptors (Lipinski definition) is 3. The van der Waals surface area contributed by atoms with Crippen LogP contribution in [0.3, 0.4) is 0 Å². The van der Waals surface area contributed by atoms with Crippen LogP contribution in [0.1, 0.15) is 12.5 Å². The summed E-state index contributed by atoms with van der Waals surface area (Å²) in [6.07, 6.45) is 0.717. The zero-order valence-corrected chi connectivity index (χ0v) is 13.0. The van der Waals surface area contributed by atoms with Gasteiger partial charge in [-0.25, -0.2) is 0 Å². The van der Waals surface area contributed by atoms with Gasteiger partial charge >= 0.3 is 0 Å². The average molecular weight is 319 g/mol. The molecule has 0 bridgehead atoms. The highest BCUT2D eigenvalue weighted by Crippen LogP contribution is 2.09. The van der Waals surface area contributed by atoms with Crippen molar-refractivity contribution in [2.75, 3.05) is 19.7 Å². The van der Waals surface area contributed by atoms with E-state index in [-0.39, 0.29) is 30.5 Å². The molecular formula is C14H20Cl2N2O2. The first kappa shape index (κ1) is 17.2. The molecule has 0 aliphatic carbocycles. The highest BCUT2D eigenvalue weighted by atomic mass is 35.5. The Morgan fingerprint density at radius 2 is 2.15 bits per heavy atom. The van der Waals surface area contributed by atoms with Gasteiger partial charge in [-0.3, -0.25) is 4.79 Å². The molecule has 2 atom stereocenters. The highest BCUT2D eigenvalue weighted by molar-refractivity contribution is 6.30. The SMILES string of the molecule is C[C@H]1OCCN[C@@H]1C(=O)NCCc1ccc(Cl)cc1.Cl. The molecule has 2 rings (SSSR count). The second-order valence-electron chi connectivity index (χ2n) is 4.68. The molecule has 4 nitrogen and oxygen atoms in total. The number of ether oxygens (including phenoxy) is 1. The summed E-state index contributed by atoms with van der Waals surface area (Å²) >= 11 is 5.82. The van der Waals surface area contributed by atoms with E-state index in [1.54, 1.807) is 0 Å². The summed E-state index contributed by atoms with van der Waals surface area (Å²) in [7, 11) is 0. The third-order valence-electron chi connectivity index (χ3n) is 3.23. The number of halogens is 2. The Morgan fingerprint density at radius 3 is 2.80 bits per heavy atom. The molecular weight excluding hydrogens is 299 g/mol. The molecule has 6 heteroatoms. The fourth-order valence-electron chi connectivity index (χ4n) is 2.12. The van der Waals surface area contributed by atoms with Gasteiger partial charge in [-0.05, 0) is 31.0 Å². The third kappa shape index (κ3) is 4.94. The van der Waals surface area contributed by atoms with Gasteiger partial charge in [0.1, 0.15) is 6.04 Å². The number of carbonyl (C=O) groups is 1. The average Bonchev–Trinajstić information content (AvgIpc) is 2.41. The molecule has 1 saturated heterocycles. The number of rotatable bonds is 4.